The number of nitrogens with zero attached hydrogens (tertiary/aromatic N) is 1. The zero-order valence-corrected chi connectivity index (χ0v) is 15.9. The molecule has 0 bridgehead atoms. The topological polar surface area (TPSA) is 49.4 Å². The van der Waals surface area contributed by atoms with E-state index in [0.717, 1.165) is 16.8 Å². The van der Waals surface area contributed by atoms with Gasteiger partial charge in [-0.2, -0.15) is 0 Å². The van der Waals surface area contributed by atoms with Crippen molar-refractivity contribution in [2.75, 3.05) is 18.4 Å². The number of piperidine rings is 1. The Morgan fingerprint density at radius 2 is 1.81 bits per heavy atom. The van der Waals surface area contributed by atoms with E-state index in [2.05, 4.69) is 5.32 Å². The van der Waals surface area contributed by atoms with Gasteiger partial charge in [0.1, 0.15) is 5.82 Å². The lowest BCUT2D eigenvalue weighted by atomic mass is 9.95. The van der Waals surface area contributed by atoms with Crippen molar-refractivity contribution in [2.24, 2.45) is 5.92 Å². The van der Waals surface area contributed by atoms with Crippen LogP contribution >= 0.6 is 11.6 Å². The third kappa shape index (κ3) is 4.86. The SMILES string of the molecule is Cc1c(Cl)cccc1NC(=O)C1CCN(C(=O)Cc2ccc(F)cc2)CC1. The first-order chi connectivity index (χ1) is 12.9. The molecule has 1 aliphatic rings. The summed E-state index contributed by atoms with van der Waals surface area (Å²) in [6, 6.07) is 11.4. The lowest BCUT2D eigenvalue weighted by Crippen LogP contribution is -2.42. The van der Waals surface area contributed by atoms with E-state index in [1.165, 1.54) is 12.1 Å². The summed E-state index contributed by atoms with van der Waals surface area (Å²) in [5.41, 5.74) is 2.36. The van der Waals surface area contributed by atoms with Crippen LogP contribution < -0.4 is 5.32 Å². The molecule has 1 N–H and O–H groups in total. The van der Waals surface area contributed by atoms with Crippen LogP contribution in [0, 0.1) is 18.7 Å². The number of hydrogen-bond donors (Lipinski definition) is 1. The van der Waals surface area contributed by atoms with Crippen LogP contribution in [0.1, 0.15) is 24.0 Å². The summed E-state index contributed by atoms with van der Waals surface area (Å²) in [6.45, 7) is 2.97. The number of amides is 2. The van der Waals surface area contributed by atoms with Crippen molar-refractivity contribution in [1.82, 2.24) is 4.90 Å². The van der Waals surface area contributed by atoms with E-state index >= 15 is 0 Å². The molecule has 0 unspecified atom stereocenters. The Hall–Kier alpha value is -2.40. The predicted molar refractivity (Wildman–Crippen MR) is 104 cm³/mol. The molecule has 2 amide bonds. The van der Waals surface area contributed by atoms with Gasteiger partial charge < -0.3 is 10.2 Å². The van der Waals surface area contributed by atoms with E-state index in [1.807, 2.05) is 19.1 Å². The molecular weight excluding hydrogens is 367 g/mol. The lowest BCUT2D eigenvalue weighted by Gasteiger charge is -2.31. The van der Waals surface area contributed by atoms with Crippen LogP contribution in [0.25, 0.3) is 0 Å². The van der Waals surface area contributed by atoms with Gasteiger partial charge in [-0.05, 0) is 55.2 Å². The number of benzene rings is 2. The molecule has 1 saturated heterocycles. The number of likely N-dealkylation sites (tertiary alicyclic amines) is 1. The summed E-state index contributed by atoms with van der Waals surface area (Å²) in [7, 11) is 0. The van der Waals surface area contributed by atoms with Crippen molar-refractivity contribution < 1.29 is 14.0 Å². The average Bonchev–Trinajstić information content (AvgIpc) is 2.67. The molecule has 1 fully saturated rings. The Kier molecular flexibility index (Phi) is 6.11. The van der Waals surface area contributed by atoms with Gasteiger partial charge in [0.2, 0.25) is 11.8 Å². The Bertz CT molecular complexity index is 831. The Labute approximate surface area is 163 Å². The summed E-state index contributed by atoms with van der Waals surface area (Å²) in [5, 5.41) is 3.57. The zero-order chi connectivity index (χ0) is 19.4. The van der Waals surface area contributed by atoms with Crippen LogP contribution in [0.5, 0.6) is 0 Å². The van der Waals surface area contributed by atoms with Gasteiger partial charge in [0.15, 0.2) is 0 Å². The number of nitrogens with one attached hydrogen (secondary N) is 1. The minimum absolute atomic E-state index is 0.00570. The average molecular weight is 389 g/mol. The smallest absolute Gasteiger partial charge is 0.227 e. The number of rotatable bonds is 4. The summed E-state index contributed by atoms with van der Waals surface area (Å²) in [5.74, 6) is -0.469. The van der Waals surface area contributed by atoms with Gasteiger partial charge in [-0.3, -0.25) is 9.59 Å². The molecule has 2 aromatic carbocycles. The number of carbonyl (C=O) groups is 2. The van der Waals surface area contributed by atoms with Crippen molar-refractivity contribution in [3.8, 4) is 0 Å². The van der Waals surface area contributed by atoms with Gasteiger partial charge in [-0.1, -0.05) is 29.8 Å². The lowest BCUT2D eigenvalue weighted by molar-refractivity contribution is -0.133. The highest BCUT2D eigenvalue weighted by atomic mass is 35.5. The van der Waals surface area contributed by atoms with Gasteiger partial charge in [-0.25, -0.2) is 4.39 Å². The minimum Gasteiger partial charge on any atom is -0.342 e. The standard InChI is InChI=1S/C21H22ClFN2O2/c1-14-18(22)3-2-4-19(14)24-21(27)16-9-11-25(12-10-16)20(26)13-15-5-7-17(23)8-6-15/h2-8,16H,9-13H2,1H3,(H,24,27). The van der Waals surface area contributed by atoms with Gasteiger partial charge in [0, 0.05) is 29.7 Å². The Morgan fingerprint density at radius 1 is 1.15 bits per heavy atom. The molecule has 4 nitrogen and oxygen atoms in total. The molecule has 0 aromatic heterocycles. The van der Waals surface area contributed by atoms with Crippen LogP contribution in [0.15, 0.2) is 42.5 Å². The summed E-state index contributed by atoms with van der Waals surface area (Å²) in [6.07, 6.45) is 1.50. The largest absolute Gasteiger partial charge is 0.342 e. The quantitative estimate of drug-likeness (QED) is 0.853. The van der Waals surface area contributed by atoms with Gasteiger partial charge >= 0.3 is 0 Å². The van der Waals surface area contributed by atoms with Crippen molar-refractivity contribution in [1.29, 1.82) is 0 Å². The molecule has 0 saturated carbocycles. The summed E-state index contributed by atoms with van der Waals surface area (Å²) in [4.78, 5) is 26.7. The molecule has 3 rings (SSSR count). The number of halogens is 2. The summed E-state index contributed by atoms with van der Waals surface area (Å²) < 4.78 is 13.0. The van der Waals surface area contributed by atoms with Crippen LogP contribution in [0.4, 0.5) is 10.1 Å². The Morgan fingerprint density at radius 3 is 2.48 bits per heavy atom. The second kappa shape index (κ2) is 8.53. The van der Waals surface area contributed by atoms with Crippen molar-refractivity contribution in [2.45, 2.75) is 26.2 Å². The van der Waals surface area contributed by atoms with Gasteiger partial charge in [0.05, 0.1) is 6.42 Å². The summed E-state index contributed by atoms with van der Waals surface area (Å²) >= 11 is 6.10. The highest BCUT2D eigenvalue weighted by molar-refractivity contribution is 6.31. The molecule has 1 aliphatic heterocycles. The predicted octanol–water partition coefficient (Wildman–Crippen LogP) is 4.21. The first-order valence-corrected chi connectivity index (χ1v) is 9.40. The van der Waals surface area contributed by atoms with Gasteiger partial charge in [0.25, 0.3) is 0 Å². The molecule has 0 aliphatic carbocycles. The zero-order valence-electron chi connectivity index (χ0n) is 15.2. The molecule has 27 heavy (non-hydrogen) atoms. The van der Waals surface area contributed by atoms with Crippen LogP contribution in [0.2, 0.25) is 5.02 Å². The van der Waals surface area contributed by atoms with E-state index in [4.69, 9.17) is 11.6 Å². The van der Waals surface area contributed by atoms with Crippen LogP contribution in [-0.4, -0.2) is 29.8 Å². The maximum absolute atomic E-state index is 13.0. The fraction of sp³-hybridized carbons (Fsp3) is 0.333. The molecule has 0 radical (unpaired) electrons. The van der Waals surface area contributed by atoms with Crippen molar-refractivity contribution in [3.05, 3.63) is 64.4 Å². The van der Waals surface area contributed by atoms with Crippen LogP contribution in [-0.2, 0) is 16.0 Å². The maximum Gasteiger partial charge on any atom is 0.227 e. The van der Waals surface area contributed by atoms with E-state index in [9.17, 15) is 14.0 Å². The molecule has 1 heterocycles. The molecule has 0 spiro atoms. The second-order valence-corrected chi connectivity index (χ2v) is 7.27. The first kappa shape index (κ1) is 19.4. The molecular formula is C21H22ClFN2O2. The third-order valence-electron chi connectivity index (χ3n) is 5.01. The van der Waals surface area contributed by atoms with E-state index in [0.29, 0.717) is 31.0 Å². The maximum atomic E-state index is 13.0. The number of hydrogen-bond acceptors (Lipinski definition) is 2. The normalized spacial score (nSPS) is 14.9. The van der Waals surface area contributed by atoms with Crippen LogP contribution in [0.3, 0.4) is 0 Å². The molecule has 6 heteroatoms. The highest BCUT2D eigenvalue weighted by Crippen LogP contribution is 2.25. The van der Waals surface area contributed by atoms with E-state index in [1.54, 1.807) is 23.1 Å². The molecule has 0 atom stereocenters. The Balaban J connectivity index is 1.52. The first-order valence-electron chi connectivity index (χ1n) is 9.02. The van der Waals surface area contributed by atoms with E-state index < -0.39 is 0 Å². The monoisotopic (exact) mass is 388 g/mol. The van der Waals surface area contributed by atoms with Crippen molar-refractivity contribution in [3.63, 3.8) is 0 Å². The second-order valence-electron chi connectivity index (χ2n) is 6.86. The van der Waals surface area contributed by atoms with Crippen molar-refractivity contribution >= 4 is 29.1 Å². The minimum atomic E-state index is -0.312. The highest BCUT2D eigenvalue weighted by Gasteiger charge is 2.27. The van der Waals surface area contributed by atoms with Gasteiger partial charge in [-0.15, -0.1) is 0 Å². The van der Waals surface area contributed by atoms with E-state index in [-0.39, 0.29) is 30.0 Å². The third-order valence-corrected chi connectivity index (χ3v) is 5.42. The molecule has 142 valence electrons. The number of carbonyl (C=O) groups excluding carboxylic acids is 2. The fourth-order valence-corrected chi connectivity index (χ4v) is 3.43. The fourth-order valence-electron chi connectivity index (χ4n) is 3.26. The molecule has 2 aromatic rings. The number of anilines is 1.